The number of aromatic nitrogens is 3. The van der Waals surface area contributed by atoms with Crippen molar-refractivity contribution in [3.05, 3.63) is 76.5 Å². The molecule has 2 aromatic carbocycles. The van der Waals surface area contributed by atoms with Gasteiger partial charge < -0.3 is 24.7 Å². The number of ether oxygens (including phenoxy) is 2. The van der Waals surface area contributed by atoms with Crippen molar-refractivity contribution >= 4 is 33.8 Å². The van der Waals surface area contributed by atoms with Gasteiger partial charge in [0.05, 0.1) is 24.9 Å². The number of nitrogens with one attached hydrogen (secondary N) is 2. The molecule has 210 valence electrons. The zero-order valence-electron chi connectivity index (χ0n) is 22.6. The summed E-state index contributed by atoms with van der Waals surface area (Å²) < 4.78 is 39.9. The van der Waals surface area contributed by atoms with Crippen LogP contribution in [0.15, 0.2) is 64.4 Å². The molecular formula is C29H32FN5O4S. The molecule has 0 bridgehead atoms. The topological polar surface area (TPSA) is 113 Å². The number of rotatable bonds is 9. The Kier molecular flexibility index (Phi) is 8.77. The minimum atomic E-state index is -1.40. The second-order valence-corrected chi connectivity index (χ2v) is 11.4. The number of fused-ring (bicyclic) bond motifs is 1. The van der Waals surface area contributed by atoms with Gasteiger partial charge in [-0.2, -0.15) is 4.98 Å². The number of hydrogen-bond acceptors (Lipinski definition) is 8. The van der Waals surface area contributed by atoms with Crippen LogP contribution in [0, 0.1) is 5.82 Å². The second kappa shape index (κ2) is 12.4. The molecule has 5 rings (SSSR count). The molecule has 1 aliphatic heterocycles. The minimum absolute atomic E-state index is 0.0215. The monoisotopic (exact) mass is 565 g/mol. The summed E-state index contributed by atoms with van der Waals surface area (Å²) in [6, 6.07) is 13.5. The summed E-state index contributed by atoms with van der Waals surface area (Å²) in [6.07, 6.45) is 1.64. The van der Waals surface area contributed by atoms with E-state index in [0.717, 1.165) is 24.3 Å². The fourth-order valence-corrected chi connectivity index (χ4v) is 5.68. The van der Waals surface area contributed by atoms with Crippen LogP contribution in [0.4, 0.5) is 16.0 Å². The number of pyridine rings is 1. The van der Waals surface area contributed by atoms with Gasteiger partial charge in [0.25, 0.3) is 5.56 Å². The summed E-state index contributed by atoms with van der Waals surface area (Å²) in [5.74, 6) is -0.0195. The van der Waals surface area contributed by atoms with E-state index < -0.39 is 17.0 Å². The quantitative estimate of drug-likeness (QED) is 0.288. The zero-order chi connectivity index (χ0) is 28.2. The van der Waals surface area contributed by atoms with Gasteiger partial charge in [0, 0.05) is 55.1 Å². The van der Waals surface area contributed by atoms with Gasteiger partial charge in [-0.3, -0.25) is 9.36 Å². The van der Waals surface area contributed by atoms with Crippen molar-refractivity contribution in [1.29, 1.82) is 0 Å². The van der Waals surface area contributed by atoms with E-state index in [1.165, 1.54) is 23.8 Å². The highest BCUT2D eigenvalue weighted by molar-refractivity contribution is 7.91. The first-order valence-corrected chi connectivity index (χ1v) is 14.5. The molecule has 0 spiro atoms. The molecule has 2 aromatic heterocycles. The Morgan fingerprint density at radius 1 is 1.23 bits per heavy atom. The number of benzene rings is 2. The molecule has 1 fully saturated rings. The van der Waals surface area contributed by atoms with Crippen molar-refractivity contribution in [1.82, 2.24) is 19.9 Å². The Morgan fingerprint density at radius 3 is 2.70 bits per heavy atom. The van der Waals surface area contributed by atoms with Crippen molar-refractivity contribution in [2.24, 2.45) is 0 Å². The third-order valence-electron chi connectivity index (χ3n) is 6.72. The van der Waals surface area contributed by atoms with Gasteiger partial charge in [-0.1, -0.05) is 12.1 Å². The molecular weight excluding hydrogens is 533 g/mol. The van der Waals surface area contributed by atoms with E-state index in [1.54, 1.807) is 18.3 Å². The summed E-state index contributed by atoms with van der Waals surface area (Å²) in [4.78, 5) is 23.1. The van der Waals surface area contributed by atoms with Crippen LogP contribution in [-0.4, -0.2) is 58.3 Å². The molecule has 0 radical (unpaired) electrons. The van der Waals surface area contributed by atoms with Crippen LogP contribution >= 0.6 is 0 Å². The summed E-state index contributed by atoms with van der Waals surface area (Å²) in [6.45, 7) is 6.37. The largest absolute Gasteiger partial charge is 0.611 e. The number of halogens is 1. The van der Waals surface area contributed by atoms with Crippen molar-refractivity contribution in [3.63, 3.8) is 0 Å². The molecule has 4 aromatic rings. The number of hydrogen-bond donors (Lipinski definition) is 2. The molecule has 11 heteroatoms. The molecule has 40 heavy (non-hydrogen) atoms. The van der Waals surface area contributed by atoms with E-state index >= 15 is 4.39 Å². The lowest BCUT2D eigenvalue weighted by Gasteiger charge is -2.24. The van der Waals surface area contributed by atoms with E-state index in [-0.39, 0.29) is 34.6 Å². The van der Waals surface area contributed by atoms with E-state index in [1.807, 2.05) is 38.1 Å². The second-order valence-electron chi connectivity index (χ2n) is 9.79. The first-order chi connectivity index (χ1) is 19.4. The smallest absolute Gasteiger partial charge is 0.260 e. The van der Waals surface area contributed by atoms with E-state index in [2.05, 4.69) is 20.6 Å². The van der Waals surface area contributed by atoms with Crippen LogP contribution < -0.4 is 16.2 Å². The third kappa shape index (κ3) is 6.03. The predicted octanol–water partition coefficient (Wildman–Crippen LogP) is 4.34. The van der Waals surface area contributed by atoms with Crippen LogP contribution in [0.1, 0.15) is 31.6 Å². The van der Waals surface area contributed by atoms with Gasteiger partial charge in [-0.15, -0.1) is 0 Å². The Labute approximate surface area is 234 Å². The highest BCUT2D eigenvalue weighted by atomic mass is 32.2. The SMILES string of the molecule is COCC[S+]([O-])c1ccc(-c2cc3cnc(Nc4ccc(C5CNCCO5)cc4)nc3n(C(C)C)c2=O)c(F)c1. The van der Waals surface area contributed by atoms with Crippen LogP contribution in [0.5, 0.6) is 0 Å². The predicted molar refractivity (Wildman–Crippen MR) is 154 cm³/mol. The van der Waals surface area contributed by atoms with Crippen molar-refractivity contribution in [3.8, 4) is 11.1 Å². The fraction of sp³-hybridized carbons (Fsp3) is 0.345. The summed E-state index contributed by atoms with van der Waals surface area (Å²) >= 11 is -1.40. The van der Waals surface area contributed by atoms with Crippen LogP contribution in [0.2, 0.25) is 0 Å². The lowest BCUT2D eigenvalue weighted by atomic mass is 10.1. The molecule has 0 saturated carbocycles. The number of nitrogens with zero attached hydrogens (tertiary/aromatic N) is 3. The molecule has 0 amide bonds. The number of anilines is 2. The Balaban J connectivity index is 1.45. The number of methoxy groups -OCH3 is 1. The Bertz CT molecular complexity index is 1540. The van der Waals surface area contributed by atoms with Crippen molar-refractivity contribution in [2.45, 2.75) is 30.9 Å². The molecule has 2 N–H and O–H groups in total. The van der Waals surface area contributed by atoms with E-state index in [4.69, 9.17) is 9.47 Å². The van der Waals surface area contributed by atoms with E-state index in [0.29, 0.717) is 35.1 Å². The molecule has 2 unspecified atom stereocenters. The summed E-state index contributed by atoms with van der Waals surface area (Å²) in [7, 11) is 1.52. The molecule has 0 aliphatic carbocycles. The normalized spacial score (nSPS) is 16.4. The van der Waals surface area contributed by atoms with Gasteiger partial charge in [-0.25, -0.2) is 9.37 Å². The molecule has 2 atom stereocenters. The summed E-state index contributed by atoms with van der Waals surface area (Å²) in [5.41, 5.74) is 2.27. The molecule has 1 saturated heterocycles. The van der Waals surface area contributed by atoms with Crippen molar-refractivity contribution < 1.29 is 18.4 Å². The standard InChI is InChI=1S/C29H32FN5O4S/c1-18(2)35-27-20(14-24(28(35)36)23-9-8-22(15-25(23)30)40(37)13-12-38-3)16-32-29(34-27)33-21-6-4-19(5-7-21)26-17-31-10-11-39-26/h4-9,14-16,18,26,31H,10-13,17H2,1-3H3,(H,32,33,34). The van der Waals surface area contributed by atoms with E-state index in [9.17, 15) is 9.35 Å². The van der Waals surface area contributed by atoms with Gasteiger partial charge in [0.15, 0.2) is 4.90 Å². The Hall–Kier alpha value is -3.35. The van der Waals surface area contributed by atoms with Gasteiger partial charge in [0.1, 0.15) is 17.2 Å². The van der Waals surface area contributed by atoms with Gasteiger partial charge in [0.2, 0.25) is 5.95 Å². The minimum Gasteiger partial charge on any atom is -0.611 e. The fourth-order valence-electron chi connectivity index (χ4n) is 4.67. The maximum absolute atomic E-state index is 15.2. The number of morpholine rings is 1. The highest BCUT2D eigenvalue weighted by Crippen LogP contribution is 2.28. The lowest BCUT2D eigenvalue weighted by molar-refractivity contribution is 0.0277. The highest BCUT2D eigenvalue weighted by Gasteiger charge is 2.20. The molecule has 1 aliphatic rings. The first-order valence-electron chi connectivity index (χ1n) is 13.1. The Morgan fingerprint density at radius 2 is 2.02 bits per heavy atom. The molecule has 3 heterocycles. The van der Waals surface area contributed by atoms with Gasteiger partial charge in [-0.05, 0) is 60.9 Å². The molecule has 9 nitrogen and oxygen atoms in total. The lowest BCUT2D eigenvalue weighted by Crippen LogP contribution is -2.33. The van der Waals surface area contributed by atoms with Gasteiger partial charge >= 0.3 is 0 Å². The average Bonchev–Trinajstić information content (AvgIpc) is 2.96. The summed E-state index contributed by atoms with van der Waals surface area (Å²) in [5, 5.41) is 7.13. The van der Waals surface area contributed by atoms with Crippen molar-refractivity contribution in [2.75, 3.05) is 44.5 Å². The average molecular weight is 566 g/mol. The van der Waals surface area contributed by atoms with Crippen LogP contribution in [-0.2, 0) is 20.6 Å². The van der Waals surface area contributed by atoms with Crippen LogP contribution in [0.25, 0.3) is 22.2 Å². The third-order valence-corrected chi connectivity index (χ3v) is 8.04. The maximum atomic E-state index is 15.2. The zero-order valence-corrected chi connectivity index (χ0v) is 23.5. The van der Waals surface area contributed by atoms with Crippen LogP contribution in [0.3, 0.4) is 0 Å². The maximum Gasteiger partial charge on any atom is 0.260 e. The first kappa shape index (κ1) is 28.2.